The van der Waals surface area contributed by atoms with E-state index in [9.17, 15) is 4.79 Å². The highest BCUT2D eigenvalue weighted by Gasteiger charge is 2.07. The van der Waals surface area contributed by atoms with Gasteiger partial charge in [0.05, 0.1) is 23.4 Å². The van der Waals surface area contributed by atoms with E-state index in [0.717, 1.165) is 24.3 Å². The van der Waals surface area contributed by atoms with Crippen molar-refractivity contribution < 1.29 is 9.53 Å². The van der Waals surface area contributed by atoms with Crippen molar-refractivity contribution in [1.29, 1.82) is 0 Å². The molecule has 0 spiro atoms. The van der Waals surface area contributed by atoms with Crippen LogP contribution in [0.5, 0.6) is 5.75 Å². The summed E-state index contributed by atoms with van der Waals surface area (Å²) >= 11 is 5.97. The fraction of sp³-hybridized carbons (Fsp3) is 0.263. The molecule has 1 N–H and O–H groups in total. The lowest BCUT2D eigenvalue weighted by Crippen LogP contribution is -2.17. The highest BCUT2D eigenvalue weighted by Crippen LogP contribution is 2.14. The molecule has 0 radical (unpaired) electrons. The minimum absolute atomic E-state index is 0.340. The van der Waals surface area contributed by atoms with Crippen LogP contribution in [0.15, 0.2) is 53.6 Å². The summed E-state index contributed by atoms with van der Waals surface area (Å²) in [5, 5.41) is 4.35. The summed E-state index contributed by atoms with van der Waals surface area (Å²) in [5.41, 5.74) is 3.73. The molecule has 0 aliphatic heterocycles. The highest BCUT2D eigenvalue weighted by atomic mass is 35.5. The summed E-state index contributed by atoms with van der Waals surface area (Å²) in [4.78, 5) is 12.0. The third kappa shape index (κ3) is 5.70. The Balaban J connectivity index is 1.84. The van der Waals surface area contributed by atoms with E-state index in [4.69, 9.17) is 16.3 Å². The van der Waals surface area contributed by atoms with Gasteiger partial charge in [-0.1, -0.05) is 43.5 Å². The van der Waals surface area contributed by atoms with Crippen LogP contribution in [0.4, 0.5) is 0 Å². The topological polar surface area (TPSA) is 50.7 Å². The van der Waals surface area contributed by atoms with Gasteiger partial charge in [-0.3, -0.25) is 4.79 Å². The van der Waals surface area contributed by atoms with Gasteiger partial charge in [0.1, 0.15) is 5.75 Å². The van der Waals surface area contributed by atoms with Gasteiger partial charge in [0.2, 0.25) is 0 Å². The third-order valence-electron chi connectivity index (χ3n) is 3.39. The first-order valence-corrected chi connectivity index (χ1v) is 8.39. The Hall–Kier alpha value is -2.33. The molecule has 5 heteroatoms. The van der Waals surface area contributed by atoms with Gasteiger partial charge < -0.3 is 4.74 Å². The number of benzene rings is 2. The number of nitrogens with one attached hydrogen (secondary N) is 1. The van der Waals surface area contributed by atoms with Crippen LogP contribution in [0, 0.1) is 0 Å². The van der Waals surface area contributed by atoms with E-state index < -0.39 is 0 Å². The summed E-state index contributed by atoms with van der Waals surface area (Å²) in [5.74, 6) is 0.496. The van der Waals surface area contributed by atoms with E-state index in [2.05, 4.69) is 17.5 Å². The first-order valence-electron chi connectivity index (χ1n) is 8.01. The molecule has 126 valence electrons. The lowest BCUT2D eigenvalue weighted by atomic mass is 10.2. The van der Waals surface area contributed by atoms with Gasteiger partial charge in [-0.25, -0.2) is 5.43 Å². The monoisotopic (exact) mass is 344 g/mol. The van der Waals surface area contributed by atoms with E-state index in [1.807, 2.05) is 24.3 Å². The van der Waals surface area contributed by atoms with Crippen LogP contribution in [-0.2, 0) is 0 Å². The van der Waals surface area contributed by atoms with Crippen LogP contribution >= 0.6 is 11.6 Å². The standard InChI is InChI=1S/C19H21ClN2O2/c1-2-3-6-13-24-16-11-9-15(10-12-16)14-21-22-19(23)17-7-4-5-8-18(17)20/h4-5,7-12,14H,2-3,6,13H2,1H3,(H,22,23)/b21-14-. The van der Waals surface area contributed by atoms with Crippen molar-refractivity contribution in [2.45, 2.75) is 26.2 Å². The molecule has 0 atom stereocenters. The Kier molecular flexibility index (Phi) is 7.30. The Labute approximate surface area is 147 Å². The number of hydrogen-bond donors (Lipinski definition) is 1. The average molecular weight is 345 g/mol. The van der Waals surface area contributed by atoms with E-state index in [0.29, 0.717) is 10.6 Å². The Morgan fingerprint density at radius 3 is 2.62 bits per heavy atom. The quantitative estimate of drug-likeness (QED) is 0.429. The lowest BCUT2D eigenvalue weighted by molar-refractivity contribution is 0.0955. The summed E-state index contributed by atoms with van der Waals surface area (Å²) in [6, 6.07) is 14.4. The fourth-order valence-corrected chi connectivity index (χ4v) is 2.28. The van der Waals surface area contributed by atoms with Gasteiger partial charge in [0.25, 0.3) is 5.91 Å². The number of carbonyl (C=O) groups is 1. The Morgan fingerprint density at radius 1 is 1.17 bits per heavy atom. The molecule has 0 fully saturated rings. The van der Waals surface area contributed by atoms with Crippen molar-refractivity contribution in [1.82, 2.24) is 5.43 Å². The summed E-state index contributed by atoms with van der Waals surface area (Å²) in [6.45, 7) is 2.90. The zero-order chi connectivity index (χ0) is 17.2. The Morgan fingerprint density at radius 2 is 1.92 bits per heavy atom. The van der Waals surface area contributed by atoms with Crippen LogP contribution < -0.4 is 10.2 Å². The molecule has 4 nitrogen and oxygen atoms in total. The molecule has 0 saturated carbocycles. The Bertz CT molecular complexity index is 684. The highest BCUT2D eigenvalue weighted by molar-refractivity contribution is 6.33. The molecule has 0 aromatic heterocycles. The third-order valence-corrected chi connectivity index (χ3v) is 3.72. The number of hydrazone groups is 1. The van der Waals surface area contributed by atoms with Gasteiger partial charge in [0, 0.05) is 0 Å². The molecular weight excluding hydrogens is 324 g/mol. The normalized spacial score (nSPS) is 10.8. The average Bonchev–Trinajstić information content (AvgIpc) is 2.60. The molecular formula is C19H21ClN2O2. The van der Waals surface area contributed by atoms with Gasteiger partial charge in [-0.05, 0) is 48.4 Å². The summed E-state index contributed by atoms with van der Waals surface area (Å²) < 4.78 is 5.65. The molecule has 0 unspecified atom stereocenters. The molecule has 1 amide bonds. The molecule has 0 saturated heterocycles. The van der Waals surface area contributed by atoms with Gasteiger partial charge in [-0.2, -0.15) is 5.10 Å². The van der Waals surface area contributed by atoms with E-state index in [1.165, 1.54) is 12.8 Å². The molecule has 2 aromatic carbocycles. The maximum absolute atomic E-state index is 12.0. The van der Waals surface area contributed by atoms with Crippen LogP contribution in [0.25, 0.3) is 0 Å². The number of unbranched alkanes of at least 4 members (excludes halogenated alkanes) is 2. The maximum Gasteiger partial charge on any atom is 0.272 e. The zero-order valence-corrected chi connectivity index (χ0v) is 14.4. The van der Waals surface area contributed by atoms with Crippen molar-refractivity contribution in [3.63, 3.8) is 0 Å². The molecule has 0 aliphatic carbocycles. The van der Waals surface area contributed by atoms with Crippen LogP contribution in [0.2, 0.25) is 5.02 Å². The smallest absolute Gasteiger partial charge is 0.272 e. The predicted molar refractivity (Wildman–Crippen MR) is 98.0 cm³/mol. The number of amides is 1. The zero-order valence-electron chi connectivity index (χ0n) is 13.7. The second-order valence-electron chi connectivity index (χ2n) is 5.30. The van der Waals surface area contributed by atoms with E-state index in [-0.39, 0.29) is 5.91 Å². The minimum atomic E-state index is -0.340. The first-order chi connectivity index (χ1) is 11.7. The van der Waals surface area contributed by atoms with Gasteiger partial charge >= 0.3 is 0 Å². The number of hydrogen-bond acceptors (Lipinski definition) is 3. The van der Waals surface area contributed by atoms with Crippen LogP contribution in [-0.4, -0.2) is 18.7 Å². The summed E-state index contributed by atoms with van der Waals surface area (Å²) in [7, 11) is 0. The number of nitrogens with zero attached hydrogens (tertiary/aromatic N) is 1. The van der Waals surface area contributed by atoms with E-state index >= 15 is 0 Å². The number of halogens is 1. The number of rotatable bonds is 8. The number of ether oxygens (including phenoxy) is 1. The first kappa shape index (κ1) is 18.0. The van der Waals surface area contributed by atoms with Crippen molar-refractivity contribution in [2.24, 2.45) is 5.10 Å². The van der Waals surface area contributed by atoms with Crippen molar-refractivity contribution >= 4 is 23.7 Å². The molecule has 24 heavy (non-hydrogen) atoms. The molecule has 2 rings (SSSR count). The molecule has 0 bridgehead atoms. The minimum Gasteiger partial charge on any atom is -0.494 e. The molecule has 2 aromatic rings. The second kappa shape index (κ2) is 9.73. The largest absolute Gasteiger partial charge is 0.494 e. The lowest BCUT2D eigenvalue weighted by Gasteiger charge is -2.05. The molecule has 0 aliphatic rings. The van der Waals surface area contributed by atoms with Gasteiger partial charge in [0.15, 0.2) is 0 Å². The van der Waals surface area contributed by atoms with E-state index in [1.54, 1.807) is 30.5 Å². The maximum atomic E-state index is 12.0. The van der Waals surface area contributed by atoms with Crippen LogP contribution in [0.3, 0.4) is 0 Å². The van der Waals surface area contributed by atoms with Crippen LogP contribution in [0.1, 0.15) is 42.1 Å². The van der Waals surface area contributed by atoms with Crippen molar-refractivity contribution in [3.8, 4) is 5.75 Å². The summed E-state index contributed by atoms with van der Waals surface area (Å²) in [6.07, 6.45) is 5.00. The van der Waals surface area contributed by atoms with Crippen molar-refractivity contribution in [3.05, 3.63) is 64.7 Å². The predicted octanol–water partition coefficient (Wildman–Crippen LogP) is 4.67. The van der Waals surface area contributed by atoms with Gasteiger partial charge in [-0.15, -0.1) is 0 Å². The van der Waals surface area contributed by atoms with Crippen molar-refractivity contribution in [2.75, 3.05) is 6.61 Å². The fourth-order valence-electron chi connectivity index (χ4n) is 2.06. The molecule has 0 heterocycles. The second-order valence-corrected chi connectivity index (χ2v) is 5.71. The SMILES string of the molecule is CCCCCOc1ccc(/C=N\NC(=O)c2ccccc2Cl)cc1. The number of carbonyl (C=O) groups excluding carboxylic acids is 1.